The molecule has 0 saturated carbocycles. The summed E-state index contributed by atoms with van der Waals surface area (Å²) in [5.74, 6) is -1.96. The van der Waals surface area contributed by atoms with E-state index in [0.717, 1.165) is 34.6 Å². The minimum atomic E-state index is -3.64. The number of sulfonamides is 1. The van der Waals surface area contributed by atoms with Crippen molar-refractivity contribution in [3.63, 3.8) is 0 Å². The fraction of sp³-hybridized carbons (Fsp3) is 0.333. The molecule has 0 radical (unpaired) electrons. The Morgan fingerprint density at radius 3 is 2.56 bits per heavy atom. The zero-order valence-corrected chi connectivity index (χ0v) is 19.0. The second kappa shape index (κ2) is 8.81. The zero-order valence-electron chi connectivity index (χ0n) is 17.4. The maximum atomic E-state index is 14.2. The van der Waals surface area contributed by atoms with E-state index in [1.165, 1.54) is 49.3 Å². The molecule has 32 heavy (non-hydrogen) atoms. The average Bonchev–Trinajstić information content (AvgIpc) is 3.41. The predicted octanol–water partition coefficient (Wildman–Crippen LogP) is 3.65. The molecule has 1 aliphatic rings. The third kappa shape index (κ3) is 4.38. The molecule has 1 amide bonds. The van der Waals surface area contributed by atoms with Gasteiger partial charge in [0.15, 0.2) is 10.9 Å². The van der Waals surface area contributed by atoms with Gasteiger partial charge in [-0.1, -0.05) is 11.3 Å². The fourth-order valence-electron chi connectivity index (χ4n) is 3.44. The third-order valence-corrected chi connectivity index (χ3v) is 8.02. The Morgan fingerprint density at radius 1 is 1.22 bits per heavy atom. The lowest BCUT2D eigenvalue weighted by molar-refractivity contribution is 0.0917. The summed E-state index contributed by atoms with van der Waals surface area (Å²) in [7, 11) is -0.789. The van der Waals surface area contributed by atoms with E-state index in [4.69, 9.17) is 4.74 Å². The van der Waals surface area contributed by atoms with E-state index in [1.54, 1.807) is 0 Å². The second-order valence-electron chi connectivity index (χ2n) is 7.59. The van der Waals surface area contributed by atoms with Crippen LogP contribution < -0.4 is 4.90 Å². The number of aromatic nitrogens is 1. The van der Waals surface area contributed by atoms with Crippen LogP contribution in [0.2, 0.25) is 0 Å². The van der Waals surface area contributed by atoms with Crippen LogP contribution in [-0.2, 0) is 14.8 Å². The number of rotatable bonds is 6. The molecular weight excluding hydrogens is 460 g/mol. The number of hydrogen-bond acceptors (Lipinski definition) is 6. The molecule has 2 heterocycles. The molecule has 7 nitrogen and oxygen atoms in total. The molecule has 1 aliphatic heterocycles. The number of halogens is 2. The highest BCUT2D eigenvalue weighted by Gasteiger charge is 2.28. The van der Waals surface area contributed by atoms with E-state index in [2.05, 4.69) is 4.98 Å². The maximum Gasteiger partial charge on any atom is 0.260 e. The van der Waals surface area contributed by atoms with Crippen LogP contribution in [0.25, 0.3) is 10.2 Å². The minimum absolute atomic E-state index is 0.0102. The standard InChI is InChI=1S/C21H21F2N3O4S2/c1-25(2)32(28,29)16-7-5-13(6-8-16)20(27)26(12-15-4-3-9-30-15)21-24-19-17(23)10-14(22)11-18(19)31-21/h5-8,10-11,15H,3-4,9,12H2,1-2H3. The van der Waals surface area contributed by atoms with Crippen LogP contribution in [0.3, 0.4) is 0 Å². The number of fused-ring (bicyclic) bond motifs is 1. The largest absolute Gasteiger partial charge is 0.376 e. The van der Waals surface area contributed by atoms with Crippen LogP contribution in [0, 0.1) is 11.6 Å². The Balaban J connectivity index is 1.70. The summed E-state index contributed by atoms with van der Waals surface area (Å²) in [5.41, 5.74) is 0.232. The van der Waals surface area contributed by atoms with Crippen LogP contribution in [-0.4, -0.2) is 57.0 Å². The van der Waals surface area contributed by atoms with E-state index in [1.807, 2.05) is 0 Å². The van der Waals surface area contributed by atoms with E-state index < -0.39 is 27.6 Å². The zero-order chi connectivity index (χ0) is 23.0. The highest BCUT2D eigenvalue weighted by molar-refractivity contribution is 7.89. The van der Waals surface area contributed by atoms with Gasteiger partial charge in [0.1, 0.15) is 11.3 Å². The van der Waals surface area contributed by atoms with E-state index in [0.29, 0.717) is 6.61 Å². The maximum absolute atomic E-state index is 14.2. The Bertz CT molecular complexity index is 1250. The van der Waals surface area contributed by atoms with Crippen molar-refractivity contribution in [2.24, 2.45) is 0 Å². The summed E-state index contributed by atoms with van der Waals surface area (Å²) >= 11 is 1.01. The highest BCUT2D eigenvalue weighted by atomic mass is 32.2. The molecule has 1 fully saturated rings. The number of carbonyl (C=O) groups is 1. The second-order valence-corrected chi connectivity index (χ2v) is 10.8. The van der Waals surface area contributed by atoms with Gasteiger partial charge in [0.25, 0.3) is 5.91 Å². The quantitative estimate of drug-likeness (QED) is 0.537. The minimum Gasteiger partial charge on any atom is -0.376 e. The van der Waals surface area contributed by atoms with Crippen LogP contribution in [0.4, 0.5) is 13.9 Å². The summed E-state index contributed by atoms with van der Waals surface area (Å²) in [6, 6.07) is 7.50. The number of carbonyl (C=O) groups excluding carboxylic acids is 1. The van der Waals surface area contributed by atoms with Crippen molar-refractivity contribution in [2.45, 2.75) is 23.8 Å². The van der Waals surface area contributed by atoms with Crippen molar-refractivity contribution in [1.29, 1.82) is 0 Å². The monoisotopic (exact) mass is 481 g/mol. The van der Waals surface area contributed by atoms with Crippen molar-refractivity contribution >= 4 is 42.6 Å². The van der Waals surface area contributed by atoms with Gasteiger partial charge in [0, 0.05) is 32.3 Å². The van der Waals surface area contributed by atoms with Gasteiger partial charge in [-0.05, 0) is 43.2 Å². The Hall–Kier alpha value is -2.47. The molecule has 1 aromatic heterocycles. The first-order chi connectivity index (χ1) is 15.2. The van der Waals surface area contributed by atoms with Crippen LogP contribution in [0.1, 0.15) is 23.2 Å². The molecular formula is C21H21F2N3O4S2. The number of amides is 1. The van der Waals surface area contributed by atoms with Gasteiger partial charge < -0.3 is 4.74 Å². The van der Waals surface area contributed by atoms with Crippen molar-refractivity contribution in [3.8, 4) is 0 Å². The van der Waals surface area contributed by atoms with Gasteiger partial charge in [-0.3, -0.25) is 9.69 Å². The molecule has 1 atom stereocenters. The Morgan fingerprint density at radius 2 is 1.94 bits per heavy atom. The molecule has 0 aliphatic carbocycles. The number of ether oxygens (including phenoxy) is 1. The fourth-order valence-corrected chi connectivity index (χ4v) is 5.35. The number of hydrogen-bond donors (Lipinski definition) is 0. The van der Waals surface area contributed by atoms with Gasteiger partial charge in [0.2, 0.25) is 10.0 Å². The summed E-state index contributed by atoms with van der Waals surface area (Å²) < 4.78 is 59.5. The molecule has 3 aromatic rings. The number of nitrogens with zero attached hydrogens (tertiary/aromatic N) is 3. The molecule has 2 aromatic carbocycles. The molecule has 170 valence electrons. The lowest BCUT2D eigenvalue weighted by Gasteiger charge is -2.23. The van der Waals surface area contributed by atoms with Gasteiger partial charge in [-0.25, -0.2) is 26.5 Å². The van der Waals surface area contributed by atoms with Gasteiger partial charge in [0.05, 0.1) is 22.2 Å². The van der Waals surface area contributed by atoms with Crippen LogP contribution in [0.5, 0.6) is 0 Å². The Kier molecular flexibility index (Phi) is 6.26. The van der Waals surface area contributed by atoms with Gasteiger partial charge in [-0.2, -0.15) is 0 Å². The Labute approximate surface area is 188 Å². The third-order valence-electron chi connectivity index (χ3n) is 5.17. The molecule has 0 bridgehead atoms. The van der Waals surface area contributed by atoms with Crippen LogP contribution >= 0.6 is 11.3 Å². The van der Waals surface area contributed by atoms with E-state index in [-0.39, 0.29) is 38.5 Å². The first-order valence-electron chi connectivity index (χ1n) is 9.88. The number of benzene rings is 2. The molecule has 11 heteroatoms. The summed E-state index contributed by atoms with van der Waals surface area (Å²) in [6.07, 6.45) is 1.42. The molecule has 4 rings (SSSR count). The van der Waals surface area contributed by atoms with E-state index >= 15 is 0 Å². The van der Waals surface area contributed by atoms with Crippen molar-refractivity contribution in [1.82, 2.24) is 9.29 Å². The number of thiazole rings is 1. The topological polar surface area (TPSA) is 79.8 Å². The lowest BCUT2D eigenvalue weighted by Crippen LogP contribution is -2.37. The smallest absolute Gasteiger partial charge is 0.260 e. The highest BCUT2D eigenvalue weighted by Crippen LogP contribution is 2.33. The van der Waals surface area contributed by atoms with Crippen molar-refractivity contribution in [3.05, 3.63) is 53.6 Å². The normalized spacial score (nSPS) is 16.7. The van der Waals surface area contributed by atoms with Gasteiger partial charge >= 0.3 is 0 Å². The molecule has 1 saturated heterocycles. The van der Waals surface area contributed by atoms with Gasteiger partial charge in [-0.15, -0.1) is 0 Å². The number of anilines is 1. The summed E-state index contributed by atoms with van der Waals surface area (Å²) in [5, 5.41) is 0.218. The lowest BCUT2D eigenvalue weighted by atomic mass is 10.2. The van der Waals surface area contributed by atoms with Crippen molar-refractivity contribution < 1.29 is 26.7 Å². The summed E-state index contributed by atoms with van der Waals surface area (Å²) in [4.78, 5) is 19.1. The SMILES string of the molecule is CN(C)S(=O)(=O)c1ccc(C(=O)N(CC2CCCO2)c2nc3c(F)cc(F)cc3s2)cc1. The molecule has 0 N–H and O–H groups in total. The predicted molar refractivity (Wildman–Crippen MR) is 118 cm³/mol. The first-order valence-corrected chi connectivity index (χ1v) is 12.1. The first kappa shape index (κ1) is 22.7. The van der Waals surface area contributed by atoms with Crippen LogP contribution in [0.15, 0.2) is 41.3 Å². The van der Waals surface area contributed by atoms with Crippen molar-refractivity contribution in [2.75, 3.05) is 32.1 Å². The van der Waals surface area contributed by atoms with E-state index in [9.17, 15) is 22.0 Å². The average molecular weight is 482 g/mol. The molecule has 0 spiro atoms. The summed E-state index contributed by atoms with van der Waals surface area (Å²) in [6.45, 7) is 0.782. The molecule has 1 unspecified atom stereocenters.